The Hall–Kier alpha value is -5.00. The monoisotopic (exact) mass is 766 g/mol. The van der Waals surface area contributed by atoms with Crippen molar-refractivity contribution < 1.29 is 18.9 Å². The molecule has 0 atom stereocenters. The van der Waals surface area contributed by atoms with Crippen molar-refractivity contribution in [2.75, 3.05) is 13.2 Å². The Kier molecular flexibility index (Phi) is 12.1. The fraction of sp³-hybridized carbons (Fsp3) is 0.250. The van der Waals surface area contributed by atoms with E-state index in [9.17, 15) is 0 Å². The fourth-order valence-corrected chi connectivity index (χ4v) is 7.71. The van der Waals surface area contributed by atoms with E-state index in [0.717, 1.165) is 95.9 Å². The maximum Gasteiger partial charge on any atom is 0.126 e. The van der Waals surface area contributed by atoms with Crippen molar-refractivity contribution in [2.24, 2.45) is 0 Å². The maximum atomic E-state index is 6.84. The number of hydrogen-bond donors (Lipinski definition) is 0. The molecule has 0 radical (unpaired) electrons. The van der Waals surface area contributed by atoms with Crippen LogP contribution in [0.3, 0.4) is 0 Å². The molecule has 6 aromatic carbocycles. The van der Waals surface area contributed by atoms with E-state index in [1.165, 1.54) is 0 Å². The van der Waals surface area contributed by atoms with Gasteiger partial charge in [-0.1, -0.05) is 145 Å². The molecule has 0 saturated carbocycles. The molecule has 8 bridgehead atoms. The number of rotatable bonds is 12. The van der Waals surface area contributed by atoms with Crippen molar-refractivity contribution in [3.63, 3.8) is 0 Å². The molecule has 0 N–H and O–H groups in total. The van der Waals surface area contributed by atoms with Gasteiger partial charge in [-0.25, -0.2) is 0 Å². The van der Waals surface area contributed by atoms with E-state index in [1.54, 1.807) is 0 Å². The molecule has 0 heterocycles. The minimum atomic E-state index is 0.473. The molecule has 5 heteroatoms. The van der Waals surface area contributed by atoms with Crippen molar-refractivity contribution in [3.05, 3.63) is 188 Å². The smallest absolute Gasteiger partial charge is 0.126 e. The lowest BCUT2D eigenvalue weighted by Gasteiger charge is -2.23. The Labute approximate surface area is 322 Å². The zero-order chi connectivity index (χ0) is 36.4. The van der Waals surface area contributed by atoms with Crippen LogP contribution < -0.4 is 18.9 Å². The number of hydrogen-bond acceptors (Lipinski definition) is 4. The van der Waals surface area contributed by atoms with E-state index in [2.05, 4.69) is 145 Å². The van der Waals surface area contributed by atoms with Gasteiger partial charge in [-0.3, -0.25) is 0 Å². The largest absolute Gasteiger partial charge is 0.493 e. The van der Waals surface area contributed by atoms with E-state index in [4.69, 9.17) is 18.9 Å². The lowest BCUT2D eigenvalue weighted by atomic mass is 9.91. The molecule has 6 aromatic rings. The van der Waals surface area contributed by atoms with Crippen LogP contribution in [-0.2, 0) is 38.9 Å². The first-order valence-corrected chi connectivity index (χ1v) is 19.6. The molecule has 0 aliphatic heterocycles. The van der Waals surface area contributed by atoms with Gasteiger partial charge in [-0.05, 0) is 69.5 Å². The highest BCUT2D eigenvalue weighted by molar-refractivity contribution is 9.10. The highest BCUT2D eigenvalue weighted by atomic mass is 79.9. The van der Waals surface area contributed by atoms with Gasteiger partial charge in [0.05, 0.1) is 13.2 Å². The van der Waals surface area contributed by atoms with Crippen LogP contribution in [0, 0.1) is 0 Å². The molecule has 7 rings (SSSR count). The highest BCUT2D eigenvalue weighted by Crippen LogP contribution is 2.40. The second-order valence-corrected chi connectivity index (χ2v) is 14.6. The average Bonchev–Trinajstić information content (AvgIpc) is 3.17. The summed E-state index contributed by atoms with van der Waals surface area (Å²) in [7, 11) is 0. The minimum Gasteiger partial charge on any atom is -0.493 e. The summed E-state index contributed by atoms with van der Waals surface area (Å²) in [5.74, 6) is 3.71. The predicted molar refractivity (Wildman–Crippen MR) is 218 cm³/mol. The first-order chi connectivity index (χ1) is 26.1. The Balaban J connectivity index is 1.41. The molecule has 0 spiro atoms. The van der Waals surface area contributed by atoms with Crippen LogP contribution in [0.5, 0.6) is 23.0 Å². The summed E-state index contributed by atoms with van der Waals surface area (Å²) >= 11 is 3.88. The zero-order valence-electron chi connectivity index (χ0n) is 30.7. The number of halogens is 1. The molecular formula is C48H47BrO4. The Morgan fingerprint density at radius 2 is 0.717 bits per heavy atom. The second-order valence-electron chi connectivity index (χ2n) is 13.7. The van der Waals surface area contributed by atoms with Gasteiger partial charge in [0.15, 0.2) is 0 Å². The zero-order valence-corrected chi connectivity index (χ0v) is 32.3. The van der Waals surface area contributed by atoms with E-state index < -0.39 is 0 Å². The predicted octanol–water partition coefficient (Wildman–Crippen LogP) is 11.9. The summed E-state index contributed by atoms with van der Waals surface area (Å²) in [6.07, 6.45) is 4.49. The van der Waals surface area contributed by atoms with E-state index in [1.807, 2.05) is 12.1 Å². The molecular weight excluding hydrogens is 720 g/mol. The molecule has 0 amide bonds. The number of para-hydroxylation sites is 3. The average molecular weight is 768 g/mol. The molecule has 0 unspecified atom stereocenters. The number of benzene rings is 6. The normalized spacial score (nSPS) is 12.2. The van der Waals surface area contributed by atoms with Gasteiger partial charge >= 0.3 is 0 Å². The lowest BCUT2D eigenvalue weighted by Crippen LogP contribution is -2.09. The van der Waals surface area contributed by atoms with Gasteiger partial charge in [0.1, 0.15) is 36.2 Å². The third-order valence-corrected chi connectivity index (χ3v) is 10.1. The topological polar surface area (TPSA) is 36.9 Å². The molecule has 1 aliphatic carbocycles. The van der Waals surface area contributed by atoms with Gasteiger partial charge in [0.2, 0.25) is 0 Å². The van der Waals surface area contributed by atoms with Crippen molar-refractivity contribution in [1.29, 1.82) is 0 Å². The Morgan fingerprint density at radius 1 is 0.396 bits per heavy atom. The number of ether oxygens (including phenoxy) is 4. The summed E-state index contributed by atoms with van der Waals surface area (Å²) in [6, 6.07) is 44.9. The Bertz CT molecular complexity index is 2130. The minimum absolute atomic E-state index is 0.473. The summed E-state index contributed by atoms with van der Waals surface area (Å²) in [6.45, 7) is 6.54. The Morgan fingerprint density at radius 3 is 1.08 bits per heavy atom. The molecule has 4 nitrogen and oxygen atoms in total. The van der Waals surface area contributed by atoms with Gasteiger partial charge in [-0.2, -0.15) is 0 Å². The van der Waals surface area contributed by atoms with E-state index in [0.29, 0.717) is 52.1 Å². The van der Waals surface area contributed by atoms with Crippen LogP contribution in [0.25, 0.3) is 0 Å². The third-order valence-electron chi connectivity index (χ3n) is 9.62. The standard InChI is InChI=1S/C48H47BrO4/c1-3-24-50-45-36-18-11-22-40(45)28-42-30-44(49)31-43(48(42)51-25-4-2)29-41-23-13-21-39(47(41)53-33-35-16-9-6-10-17-35)27-38-20-12-19-37(26-36)46(38)52-32-34-14-7-5-8-15-34/h5-23,30-31H,3-4,24-29,32-33H2,1-2H3. The molecule has 1 aliphatic rings. The van der Waals surface area contributed by atoms with Crippen LogP contribution in [-0.4, -0.2) is 13.2 Å². The fourth-order valence-electron chi connectivity index (χ4n) is 7.15. The third kappa shape index (κ3) is 8.97. The molecule has 0 aromatic heterocycles. The van der Waals surface area contributed by atoms with Crippen LogP contribution >= 0.6 is 15.9 Å². The number of fused-ring (bicyclic) bond motifs is 8. The second kappa shape index (κ2) is 17.7. The highest BCUT2D eigenvalue weighted by Gasteiger charge is 2.22. The summed E-state index contributed by atoms with van der Waals surface area (Å²) in [5, 5.41) is 0. The quantitative estimate of drug-likeness (QED) is 0.124. The van der Waals surface area contributed by atoms with Crippen LogP contribution in [0.15, 0.2) is 132 Å². The van der Waals surface area contributed by atoms with Gasteiger partial charge in [0, 0.05) is 41.3 Å². The molecule has 0 fully saturated rings. The molecule has 53 heavy (non-hydrogen) atoms. The van der Waals surface area contributed by atoms with Crippen molar-refractivity contribution in [3.8, 4) is 23.0 Å². The summed E-state index contributed by atoms with van der Waals surface area (Å²) in [4.78, 5) is 0. The van der Waals surface area contributed by atoms with Crippen LogP contribution in [0.2, 0.25) is 0 Å². The van der Waals surface area contributed by atoms with Crippen molar-refractivity contribution in [1.82, 2.24) is 0 Å². The lowest BCUT2D eigenvalue weighted by molar-refractivity contribution is 0.296. The first-order valence-electron chi connectivity index (χ1n) is 18.8. The SMILES string of the molecule is CCCOc1c2cccc1Cc1cccc(c1OCc1ccccc1)Cc1cccc(c1OCc1ccccc1)Cc1cc(Br)cc(c1OCCC)C2. The van der Waals surface area contributed by atoms with Crippen LogP contribution in [0.4, 0.5) is 0 Å². The van der Waals surface area contributed by atoms with Gasteiger partial charge in [-0.15, -0.1) is 0 Å². The summed E-state index contributed by atoms with van der Waals surface area (Å²) in [5.41, 5.74) is 11.3. The van der Waals surface area contributed by atoms with Gasteiger partial charge in [0.25, 0.3) is 0 Å². The molecule has 0 saturated heterocycles. The first kappa shape index (κ1) is 36.4. The van der Waals surface area contributed by atoms with Gasteiger partial charge < -0.3 is 18.9 Å². The maximum absolute atomic E-state index is 6.84. The van der Waals surface area contributed by atoms with Crippen molar-refractivity contribution >= 4 is 15.9 Å². The van der Waals surface area contributed by atoms with E-state index in [-0.39, 0.29) is 0 Å². The van der Waals surface area contributed by atoms with Crippen molar-refractivity contribution in [2.45, 2.75) is 65.6 Å². The van der Waals surface area contributed by atoms with Crippen LogP contribution in [0.1, 0.15) is 82.3 Å². The summed E-state index contributed by atoms with van der Waals surface area (Å²) < 4.78 is 28.0. The van der Waals surface area contributed by atoms with E-state index >= 15 is 0 Å². The molecule has 270 valence electrons.